The molecule has 1 aliphatic rings. The quantitative estimate of drug-likeness (QED) is 0.868. The van der Waals surface area contributed by atoms with Crippen LogP contribution in [0, 0.1) is 5.82 Å². The van der Waals surface area contributed by atoms with Gasteiger partial charge < -0.3 is 10.4 Å². The molecule has 0 bridgehead atoms. The zero-order chi connectivity index (χ0) is 14.2. The van der Waals surface area contributed by atoms with Crippen molar-refractivity contribution in [1.82, 2.24) is 0 Å². The molecule has 2 N–H and O–H groups in total. The molecule has 1 unspecified atom stereocenters. The van der Waals surface area contributed by atoms with E-state index in [2.05, 4.69) is 21.2 Å². The molecule has 1 atom stereocenters. The van der Waals surface area contributed by atoms with Gasteiger partial charge in [0.05, 0.1) is 27.2 Å². The van der Waals surface area contributed by atoms with E-state index in [9.17, 15) is 17.6 Å². The van der Waals surface area contributed by atoms with E-state index in [1.165, 1.54) is 12.1 Å². The van der Waals surface area contributed by atoms with Gasteiger partial charge in [0.15, 0.2) is 15.7 Å². The summed E-state index contributed by atoms with van der Waals surface area (Å²) >= 11 is 2.89. The van der Waals surface area contributed by atoms with E-state index in [1.807, 2.05) is 0 Å². The number of carboxylic acid groups (broad SMARTS) is 1. The first-order valence-electron chi connectivity index (χ1n) is 5.48. The topological polar surface area (TPSA) is 83.5 Å². The van der Waals surface area contributed by atoms with Crippen LogP contribution in [0.5, 0.6) is 0 Å². The Morgan fingerprint density at radius 1 is 1.47 bits per heavy atom. The number of benzene rings is 1. The highest BCUT2D eigenvalue weighted by Crippen LogP contribution is 2.28. The number of halogens is 2. The number of hydrogen-bond donors (Lipinski definition) is 2. The van der Waals surface area contributed by atoms with Crippen molar-refractivity contribution in [3.8, 4) is 0 Å². The fraction of sp³-hybridized carbons (Fsp3) is 0.364. The van der Waals surface area contributed by atoms with Crippen LogP contribution in [-0.4, -0.2) is 37.0 Å². The van der Waals surface area contributed by atoms with E-state index in [0.29, 0.717) is 6.42 Å². The van der Waals surface area contributed by atoms with Crippen LogP contribution >= 0.6 is 15.9 Å². The molecule has 0 aliphatic carbocycles. The smallest absolute Gasteiger partial charge is 0.336 e. The van der Waals surface area contributed by atoms with Crippen LogP contribution in [0.15, 0.2) is 16.6 Å². The van der Waals surface area contributed by atoms with Crippen molar-refractivity contribution >= 4 is 37.4 Å². The predicted octanol–water partition coefficient (Wildman–Crippen LogP) is 1.89. The average Bonchev–Trinajstić information content (AvgIpc) is 2.64. The molecule has 5 nitrogen and oxygen atoms in total. The SMILES string of the molecule is O=C(O)c1ccc(NC2CCS(=O)(=O)C2)c(F)c1Br. The Balaban J connectivity index is 2.23. The van der Waals surface area contributed by atoms with Crippen LogP contribution in [0.2, 0.25) is 0 Å². The van der Waals surface area contributed by atoms with Crippen molar-refractivity contribution in [3.63, 3.8) is 0 Å². The second-order valence-electron chi connectivity index (χ2n) is 4.34. The minimum Gasteiger partial charge on any atom is -0.478 e. The number of nitrogens with one attached hydrogen (secondary N) is 1. The highest BCUT2D eigenvalue weighted by molar-refractivity contribution is 9.10. The third kappa shape index (κ3) is 3.06. The van der Waals surface area contributed by atoms with Gasteiger partial charge in [0, 0.05) is 6.04 Å². The Morgan fingerprint density at radius 2 is 2.16 bits per heavy atom. The average molecular weight is 352 g/mol. The monoisotopic (exact) mass is 351 g/mol. The second kappa shape index (κ2) is 5.09. The van der Waals surface area contributed by atoms with Crippen LogP contribution in [0.25, 0.3) is 0 Å². The minimum absolute atomic E-state index is 0.0370. The summed E-state index contributed by atoms with van der Waals surface area (Å²) in [6, 6.07) is 2.22. The number of hydrogen-bond acceptors (Lipinski definition) is 4. The lowest BCUT2D eigenvalue weighted by molar-refractivity contribution is 0.0695. The Hall–Kier alpha value is -1.15. The summed E-state index contributed by atoms with van der Waals surface area (Å²) in [6.45, 7) is 0. The number of sulfone groups is 1. The molecule has 0 saturated carbocycles. The van der Waals surface area contributed by atoms with Gasteiger partial charge in [-0.15, -0.1) is 0 Å². The molecule has 1 aromatic carbocycles. The van der Waals surface area contributed by atoms with Gasteiger partial charge in [-0.05, 0) is 34.5 Å². The standard InChI is InChI=1S/C11H11BrFNO4S/c12-9-7(11(15)16)1-2-8(10(9)13)14-6-3-4-19(17,18)5-6/h1-2,6,14H,3-5H2,(H,15,16). The molecule has 8 heteroatoms. The summed E-state index contributed by atoms with van der Waals surface area (Å²) in [5.74, 6) is -1.92. The number of carboxylic acids is 1. The molecule has 1 fully saturated rings. The molecule has 0 spiro atoms. The maximum absolute atomic E-state index is 13.9. The van der Waals surface area contributed by atoms with E-state index in [0.717, 1.165) is 0 Å². The van der Waals surface area contributed by atoms with Crippen LogP contribution in [0.4, 0.5) is 10.1 Å². The van der Waals surface area contributed by atoms with Gasteiger partial charge in [-0.1, -0.05) is 0 Å². The van der Waals surface area contributed by atoms with E-state index in [1.54, 1.807) is 0 Å². The zero-order valence-corrected chi connectivity index (χ0v) is 12.1. The van der Waals surface area contributed by atoms with Crippen LogP contribution in [0.1, 0.15) is 16.8 Å². The maximum Gasteiger partial charge on any atom is 0.336 e. The summed E-state index contributed by atoms with van der Waals surface area (Å²) in [4.78, 5) is 10.8. The summed E-state index contributed by atoms with van der Waals surface area (Å²) < 4.78 is 36.4. The number of anilines is 1. The second-order valence-corrected chi connectivity index (χ2v) is 7.36. The predicted molar refractivity (Wildman–Crippen MR) is 71.7 cm³/mol. The highest BCUT2D eigenvalue weighted by Gasteiger charge is 2.28. The van der Waals surface area contributed by atoms with Crippen LogP contribution in [0.3, 0.4) is 0 Å². The van der Waals surface area contributed by atoms with Crippen molar-refractivity contribution in [2.45, 2.75) is 12.5 Å². The van der Waals surface area contributed by atoms with Gasteiger partial charge in [-0.2, -0.15) is 0 Å². The first kappa shape index (κ1) is 14.3. The highest BCUT2D eigenvalue weighted by atomic mass is 79.9. The van der Waals surface area contributed by atoms with Gasteiger partial charge in [-0.25, -0.2) is 17.6 Å². The van der Waals surface area contributed by atoms with Gasteiger partial charge in [0.1, 0.15) is 0 Å². The molecule has 1 saturated heterocycles. The van der Waals surface area contributed by atoms with Crippen molar-refractivity contribution in [2.24, 2.45) is 0 Å². The Labute approximate surface area is 117 Å². The van der Waals surface area contributed by atoms with E-state index in [-0.39, 0.29) is 33.3 Å². The van der Waals surface area contributed by atoms with Gasteiger partial charge in [0.25, 0.3) is 0 Å². The summed E-state index contributed by atoms with van der Waals surface area (Å²) in [7, 11) is -3.05. The molecule has 1 heterocycles. The van der Waals surface area contributed by atoms with Crippen LogP contribution in [-0.2, 0) is 9.84 Å². The minimum atomic E-state index is -3.05. The fourth-order valence-electron chi connectivity index (χ4n) is 1.95. The molecule has 104 valence electrons. The molecule has 19 heavy (non-hydrogen) atoms. The third-order valence-corrected chi connectivity index (χ3v) is 5.45. The van der Waals surface area contributed by atoms with Crippen molar-refractivity contribution in [1.29, 1.82) is 0 Å². The van der Waals surface area contributed by atoms with Crippen molar-refractivity contribution in [3.05, 3.63) is 28.0 Å². The largest absolute Gasteiger partial charge is 0.478 e. The van der Waals surface area contributed by atoms with E-state index < -0.39 is 21.6 Å². The van der Waals surface area contributed by atoms with E-state index in [4.69, 9.17) is 5.11 Å². The third-order valence-electron chi connectivity index (χ3n) is 2.90. The Kier molecular flexibility index (Phi) is 3.82. The molecule has 2 rings (SSSR count). The maximum atomic E-state index is 13.9. The van der Waals surface area contributed by atoms with E-state index >= 15 is 0 Å². The molecule has 1 aromatic rings. The van der Waals surface area contributed by atoms with Gasteiger partial charge >= 0.3 is 5.97 Å². The Bertz CT molecular complexity index is 632. The summed E-state index contributed by atoms with van der Waals surface area (Å²) in [5.41, 5.74) is -0.0823. The molecule has 0 amide bonds. The molecule has 1 aliphatic heterocycles. The van der Waals surface area contributed by atoms with Crippen LogP contribution < -0.4 is 5.32 Å². The molecule has 0 radical (unpaired) electrons. The molecular formula is C11H11BrFNO4S. The normalized spacial score (nSPS) is 21.3. The van der Waals surface area contributed by atoms with Crippen molar-refractivity contribution < 1.29 is 22.7 Å². The number of rotatable bonds is 3. The number of aromatic carboxylic acids is 1. The number of carbonyl (C=O) groups is 1. The molecule has 0 aromatic heterocycles. The fourth-order valence-corrected chi connectivity index (χ4v) is 4.14. The lowest BCUT2D eigenvalue weighted by atomic mass is 10.1. The van der Waals surface area contributed by atoms with Crippen molar-refractivity contribution in [2.75, 3.05) is 16.8 Å². The first-order valence-corrected chi connectivity index (χ1v) is 8.10. The van der Waals surface area contributed by atoms with Gasteiger partial charge in [0.2, 0.25) is 0 Å². The lowest BCUT2D eigenvalue weighted by Crippen LogP contribution is -2.21. The first-order chi connectivity index (χ1) is 8.80. The van der Waals surface area contributed by atoms with Gasteiger partial charge in [-0.3, -0.25) is 0 Å². The zero-order valence-electron chi connectivity index (χ0n) is 9.69. The summed E-state index contributed by atoms with van der Waals surface area (Å²) in [5, 5.41) is 11.6. The summed E-state index contributed by atoms with van der Waals surface area (Å²) in [6.07, 6.45) is 0.417. The Morgan fingerprint density at radius 3 is 2.68 bits per heavy atom. The molecular weight excluding hydrogens is 341 g/mol. The lowest BCUT2D eigenvalue weighted by Gasteiger charge is -2.14.